The molecule has 2 rings (SSSR count). The van der Waals surface area contributed by atoms with Gasteiger partial charge in [0.2, 0.25) is 0 Å². The minimum absolute atomic E-state index is 0.120. The fraction of sp³-hybridized carbons (Fsp3) is 0.235. The third kappa shape index (κ3) is 4.07. The van der Waals surface area contributed by atoms with Crippen LogP contribution in [0.25, 0.3) is 0 Å². The van der Waals surface area contributed by atoms with Gasteiger partial charge in [0.1, 0.15) is 11.9 Å². The van der Waals surface area contributed by atoms with Crippen molar-refractivity contribution >= 4 is 15.9 Å². The molecule has 0 amide bonds. The van der Waals surface area contributed by atoms with Gasteiger partial charge in [-0.05, 0) is 42.3 Å². The van der Waals surface area contributed by atoms with Crippen molar-refractivity contribution in [1.29, 1.82) is 5.26 Å². The molecule has 0 saturated carbocycles. The molecule has 0 heterocycles. The van der Waals surface area contributed by atoms with E-state index in [1.807, 2.05) is 43.3 Å². The number of nitrogens with zero attached hydrogens (tertiary/aromatic N) is 1. The number of nitrogens with two attached hydrogens (primary N) is 1. The molecular formula is C17H17BrN2O. The van der Waals surface area contributed by atoms with Crippen LogP contribution in [-0.2, 0) is 0 Å². The molecule has 0 bridgehead atoms. The van der Waals surface area contributed by atoms with Gasteiger partial charge in [-0.3, -0.25) is 0 Å². The van der Waals surface area contributed by atoms with Gasteiger partial charge in [-0.2, -0.15) is 5.26 Å². The van der Waals surface area contributed by atoms with Crippen LogP contribution in [0, 0.1) is 11.3 Å². The van der Waals surface area contributed by atoms with Gasteiger partial charge in [-0.25, -0.2) is 0 Å². The Morgan fingerprint density at radius 1 is 1.24 bits per heavy atom. The Morgan fingerprint density at radius 3 is 2.67 bits per heavy atom. The van der Waals surface area contributed by atoms with E-state index in [0.29, 0.717) is 11.3 Å². The van der Waals surface area contributed by atoms with Crippen LogP contribution in [0.1, 0.15) is 30.6 Å². The molecule has 2 unspecified atom stereocenters. The summed E-state index contributed by atoms with van der Waals surface area (Å²) in [4.78, 5) is 0. The van der Waals surface area contributed by atoms with Crippen molar-refractivity contribution in [2.75, 3.05) is 0 Å². The highest BCUT2D eigenvalue weighted by molar-refractivity contribution is 9.10. The van der Waals surface area contributed by atoms with Crippen LogP contribution in [0.3, 0.4) is 0 Å². The van der Waals surface area contributed by atoms with E-state index < -0.39 is 0 Å². The normalized spacial score (nSPS) is 13.2. The van der Waals surface area contributed by atoms with E-state index in [1.165, 1.54) is 0 Å². The molecule has 2 aromatic rings. The van der Waals surface area contributed by atoms with Gasteiger partial charge in [-0.1, -0.05) is 41.1 Å². The minimum atomic E-state index is -0.249. The van der Waals surface area contributed by atoms with Gasteiger partial charge in [-0.15, -0.1) is 0 Å². The molecule has 0 aromatic heterocycles. The molecule has 2 N–H and O–H groups in total. The van der Waals surface area contributed by atoms with Crippen LogP contribution < -0.4 is 10.5 Å². The average molecular weight is 345 g/mol. The van der Waals surface area contributed by atoms with E-state index in [-0.39, 0.29) is 12.1 Å². The maximum Gasteiger partial charge on any atom is 0.139 e. The van der Waals surface area contributed by atoms with Crippen LogP contribution in [-0.4, -0.2) is 6.04 Å². The summed E-state index contributed by atoms with van der Waals surface area (Å²) in [5.74, 6) is 0.655. The Bertz CT molecular complexity index is 651. The van der Waals surface area contributed by atoms with Crippen LogP contribution in [0.5, 0.6) is 5.75 Å². The Balaban J connectivity index is 2.31. The molecule has 21 heavy (non-hydrogen) atoms. The van der Waals surface area contributed by atoms with Crippen molar-refractivity contribution in [3.63, 3.8) is 0 Å². The number of hydrogen-bond donors (Lipinski definition) is 1. The lowest BCUT2D eigenvalue weighted by atomic mass is 10.0. The minimum Gasteiger partial charge on any atom is -0.484 e. The first-order valence-corrected chi connectivity index (χ1v) is 7.61. The SMILES string of the molecule is CCC(N)C(Oc1cccc(C#N)c1)c1cccc(Br)c1. The maximum atomic E-state index is 8.97. The quantitative estimate of drug-likeness (QED) is 0.884. The molecule has 3 nitrogen and oxygen atoms in total. The van der Waals surface area contributed by atoms with Gasteiger partial charge in [0, 0.05) is 10.5 Å². The molecule has 0 saturated heterocycles. The van der Waals surface area contributed by atoms with E-state index >= 15 is 0 Å². The predicted molar refractivity (Wildman–Crippen MR) is 86.9 cm³/mol. The number of ether oxygens (including phenoxy) is 1. The smallest absolute Gasteiger partial charge is 0.139 e. The number of rotatable bonds is 5. The van der Waals surface area contributed by atoms with Gasteiger partial charge < -0.3 is 10.5 Å². The number of nitriles is 1. The van der Waals surface area contributed by atoms with Crippen molar-refractivity contribution in [1.82, 2.24) is 0 Å². The number of benzene rings is 2. The Morgan fingerprint density at radius 2 is 2.00 bits per heavy atom. The zero-order valence-electron chi connectivity index (χ0n) is 11.8. The van der Waals surface area contributed by atoms with E-state index in [9.17, 15) is 0 Å². The Labute approximate surface area is 133 Å². The van der Waals surface area contributed by atoms with E-state index in [0.717, 1.165) is 16.5 Å². The Kier molecular flexibility index (Phi) is 5.38. The molecule has 2 atom stereocenters. The van der Waals surface area contributed by atoms with E-state index in [2.05, 4.69) is 22.0 Å². The van der Waals surface area contributed by atoms with E-state index in [1.54, 1.807) is 12.1 Å². The second kappa shape index (κ2) is 7.26. The lowest BCUT2D eigenvalue weighted by Gasteiger charge is -2.25. The topological polar surface area (TPSA) is 59.0 Å². The van der Waals surface area contributed by atoms with Crippen LogP contribution in [0.4, 0.5) is 0 Å². The third-order valence-electron chi connectivity index (χ3n) is 3.26. The van der Waals surface area contributed by atoms with Crippen molar-refractivity contribution in [3.8, 4) is 11.8 Å². The maximum absolute atomic E-state index is 8.97. The molecule has 0 aliphatic rings. The molecule has 0 radical (unpaired) electrons. The van der Waals surface area contributed by atoms with Crippen molar-refractivity contribution < 1.29 is 4.74 Å². The van der Waals surface area contributed by atoms with Gasteiger partial charge in [0.15, 0.2) is 0 Å². The Hall–Kier alpha value is -1.83. The van der Waals surface area contributed by atoms with Crippen molar-refractivity contribution in [2.24, 2.45) is 5.73 Å². The summed E-state index contributed by atoms with van der Waals surface area (Å²) in [6.07, 6.45) is 0.552. The highest BCUT2D eigenvalue weighted by atomic mass is 79.9. The predicted octanol–water partition coefficient (Wildman–Crippen LogP) is 4.18. The zero-order valence-corrected chi connectivity index (χ0v) is 13.4. The molecule has 2 aromatic carbocycles. The van der Waals surface area contributed by atoms with Crippen LogP contribution in [0.2, 0.25) is 0 Å². The largest absolute Gasteiger partial charge is 0.484 e. The molecular weight excluding hydrogens is 328 g/mol. The second-order valence-electron chi connectivity index (χ2n) is 4.81. The fourth-order valence-corrected chi connectivity index (χ4v) is 2.50. The van der Waals surface area contributed by atoms with Crippen LogP contribution >= 0.6 is 15.9 Å². The summed E-state index contributed by atoms with van der Waals surface area (Å²) >= 11 is 3.47. The lowest BCUT2D eigenvalue weighted by molar-refractivity contribution is 0.171. The highest BCUT2D eigenvalue weighted by Gasteiger charge is 2.21. The van der Waals surface area contributed by atoms with Gasteiger partial charge in [0.25, 0.3) is 0 Å². The summed E-state index contributed by atoms with van der Waals surface area (Å²) in [5, 5.41) is 8.97. The van der Waals surface area contributed by atoms with Crippen molar-refractivity contribution in [3.05, 3.63) is 64.1 Å². The highest BCUT2D eigenvalue weighted by Crippen LogP contribution is 2.27. The van der Waals surface area contributed by atoms with E-state index in [4.69, 9.17) is 15.7 Å². The number of halogens is 1. The summed E-state index contributed by atoms with van der Waals surface area (Å²) in [5.41, 5.74) is 7.80. The fourth-order valence-electron chi connectivity index (χ4n) is 2.09. The first kappa shape index (κ1) is 15.6. The molecule has 0 spiro atoms. The summed E-state index contributed by atoms with van der Waals surface area (Å²) in [7, 11) is 0. The molecule has 0 aliphatic heterocycles. The van der Waals surface area contributed by atoms with Crippen molar-refractivity contribution in [2.45, 2.75) is 25.5 Å². The van der Waals surface area contributed by atoms with Gasteiger partial charge in [0.05, 0.1) is 11.6 Å². The van der Waals surface area contributed by atoms with Crippen LogP contribution in [0.15, 0.2) is 53.0 Å². The molecule has 0 fully saturated rings. The standard InChI is InChI=1S/C17H17BrN2O/c1-2-16(20)17(13-6-4-7-14(18)10-13)21-15-8-3-5-12(9-15)11-19/h3-10,16-17H,2,20H2,1H3. The molecule has 4 heteroatoms. The third-order valence-corrected chi connectivity index (χ3v) is 3.76. The number of hydrogen-bond acceptors (Lipinski definition) is 3. The monoisotopic (exact) mass is 344 g/mol. The zero-order chi connectivity index (χ0) is 15.2. The molecule has 0 aliphatic carbocycles. The average Bonchev–Trinajstić information content (AvgIpc) is 2.52. The summed E-state index contributed by atoms with van der Waals surface area (Å²) in [6.45, 7) is 2.03. The lowest BCUT2D eigenvalue weighted by Crippen LogP contribution is -2.31. The first-order valence-electron chi connectivity index (χ1n) is 6.82. The summed E-state index contributed by atoms with van der Waals surface area (Å²) < 4.78 is 7.04. The molecule has 108 valence electrons. The van der Waals surface area contributed by atoms with Gasteiger partial charge >= 0.3 is 0 Å². The second-order valence-corrected chi connectivity index (χ2v) is 5.72. The summed E-state index contributed by atoms with van der Waals surface area (Å²) in [6, 6.07) is 17.1. The first-order chi connectivity index (χ1) is 10.1.